The molecule has 1 spiro atoms. The first-order valence-electron chi connectivity index (χ1n) is 4.65. The molecule has 0 amide bonds. The largest absolute Gasteiger partial charge is 0.313 e. The molecule has 0 bridgehead atoms. The lowest BCUT2D eigenvalue weighted by molar-refractivity contribution is -0.319. The Morgan fingerprint density at radius 3 is 1.77 bits per heavy atom. The topological polar surface area (TPSA) is 0 Å². The molecular formula is C9H10F4. The van der Waals surface area contributed by atoms with E-state index in [1.54, 1.807) is 0 Å². The van der Waals surface area contributed by atoms with Crippen LogP contribution in [0.3, 0.4) is 0 Å². The average Bonchev–Trinajstić information content (AvgIpc) is 2.89. The maximum Gasteiger partial charge on any atom is 0.313 e. The number of alkyl halides is 4. The van der Waals surface area contributed by atoms with Gasteiger partial charge in [0.1, 0.15) is 0 Å². The smallest absolute Gasteiger partial charge is 0.200 e. The van der Waals surface area contributed by atoms with Gasteiger partial charge in [0.25, 0.3) is 0 Å². The van der Waals surface area contributed by atoms with Gasteiger partial charge in [-0.05, 0) is 30.6 Å². The summed E-state index contributed by atoms with van der Waals surface area (Å²) in [7, 11) is 0. The van der Waals surface area contributed by atoms with Crippen LogP contribution in [0.15, 0.2) is 0 Å². The minimum Gasteiger partial charge on any atom is -0.200 e. The molecule has 3 fully saturated rings. The number of halogens is 4. The molecule has 0 saturated heterocycles. The molecule has 13 heavy (non-hydrogen) atoms. The highest BCUT2D eigenvalue weighted by Crippen LogP contribution is 2.78. The Labute approximate surface area is 73.3 Å². The predicted molar refractivity (Wildman–Crippen MR) is 37.8 cm³/mol. The molecule has 0 heterocycles. The Morgan fingerprint density at radius 2 is 1.46 bits per heavy atom. The molecule has 4 heteroatoms. The zero-order chi connectivity index (χ0) is 9.48. The summed E-state index contributed by atoms with van der Waals surface area (Å²) in [5, 5.41) is 0. The van der Waals surface area contributed by atoms with E-state index in [0.717, 1.165) is 19.3 Å². The first kappa shape index (κ1) is 8.06. The second-order valence-electron chi connectivity index (χ2n) is 4.81. The maximum atomic E-state index is 12.9. The van der Waals surface area contributed by atoms with Crippen LogP contribution in [0.5, 0.6) is 0 Å². The molecule has 2 unspecified atom stereocenters. The fourth-order valence-corrected chi connectivity index (χ4v) is 2.76. The summed E-state index contributed by atoms with van der Waals surface area (Å²) in [6, 6.07) is 0. The highest BCUT2D eigenvalue weighted by Gasteiger charge is 2.79. The summed E-state index contributed by atoms with van der Waals surface area (Å²) in [4.78, 5) is 0. The van der Waals surface area contributed by atoms with Crippen molar-refractivity contribution in [2.24, 2.45) is 17.3 Å². The summed E-state index contributed by atoms with van der Waals surface area (Å²) in [5.74, 6) is -8.56. The molecule has 3 aliphatic carbocycles. The van der Waals surface area contributed by atoms with E-state index in [0.29, 0.717) is 0 Å². The maximum absolute atomic E-state index is 12.9. The number of rotatable bonds is 1. The van der Waals surface area contributed by atoms with Gasteiger partial charge in [-0.1, -0.05) is 0 Å². The van der Waals surface area contributed by atoms with E-state index in [1.807, 2.05) is 0 Å². The highest BCUT2D eigenvalue weighted by molar-refractivity contribution is 5.20. The summed E-state index contributed by atoms with van der Waals surface area (Å²) in [5.41, 5.74) is 0.102. The van der Waals surface area contributed by atoms with Crippen molar-refractivity contribution in [3.8, 4) is 0 Å². The molecule has 3 rings (SSSR count). The Bertz CT molecular complexity index is 267. The molecule has 0 aromatic carbocycles. The number of hydrogen-bond donors (Lipinski definition) is 0. The van der Waals surface area contributed by atoms with Gasteiger partial charge in [0.15, 0.2) is 0 Å². The summed E-state index contributed by atoms with van der Waals surface area (Å²) in [6.45, 7) is 0. The van der Waals surface area contributed by atoms with Crippen LogP contribution >= 0.6 is 0 Å². The van der Waals surface area contributed by atoms with Gasteiger partial charge in [-0.2, -0.15) is 17.6 Å². The Kier molecular flexibility index (Phi) is 1.09. The third-order valence-electron chi connectivity index (χ3n) is 4.06. The van der Waals surface area contributed by atoms with Crippen LogP contribution in [-0.2, 0) is 0 Å². The predicted octanol–water partition coefficient (Wildman–Crippen LogP) is 3.08. The van der Waals surface area contributed by atoms with E-state index >= 15 is 0 Å². The zero-order valence-electron chi connectivity index (χ0n) is 6.99. The van der Waals surface area contributed by atoms with Gasteiger partial charge < -0.3 is 0 Å². The summed E-state index contributed by atoms with van der Waals surface area (Å²) >= 11 is 0. The van der Waals surface area contributed by atoms with Crippen LogP contribution in [0, 0.1) is 17.3 Å². The standard InChI is InChI=1S/C9H10F4/c10-8(11)4-6(9(8,12)13)5-3-7(5)1-2-7/h5-6H,1-4H2. The molecule has 0 aromatic heterocycles. The molecule has 0 N–H and O–H groups in total. The van der Waals surface area contributed by atoms with Crippen molar-refractivity contribution in [3.63, 3.8) is 0 Å². The van der Waals surface area contributed by atoms with Crippen LogP contribution in [0.2, 0.25) is 0 Å². The van der Waals surface area contributed by atoms with Crippen LogP contribution in [0.4, 0.5) is 17.6 Å². The Balaban J connectivity index is 1.76. The number of hydrogen-bond acceptors (Lipinski definition) is 0. The summed E-state index contributed by atoms with van der Waals surface area (Å²) < 4.78 is 50.7. The van der Waals surface area contributed by atoms with Gasteiger partial charge >= 0.3 is 11.8 Å². The fraction of sp³-hybridized carbons (Fsp3) is 1.00. The Morgan fingerprint density at radius 1 is 0.846 bits per heavy atom. The first-order chi connectivity index (χ1) is 5.89. The normalized spacial score (nSPS) is 47.1. The van der Waals surface area contributed by atoms with Crippen LogP contribution in [0.1, 0.15) is 25.7 Å². The minimum atomic E-state index is -3.73. The van der Waals surface area contributed by atoms with E-state index < -0.39 is 24.2 Å². The minimum absolute atomic E-state index is 0.0953. The lowest BCUT2D eigenvalue weighted by atomic mass is 9.73. The quantitative estimate of drug-likeness (QED) is 0.563. The van der Waals surface area contributed by atoms with Crippen molar-refractivity contribution >= 4 is 0 Å². The van der Waals surface area contributed by atoms with E-state index in [2.05, 4.69) is 0 Å². The van der Waals surface area contributed by atoms with Gasteiger partial charge in [-0.3, -0.25) is 0 Å². The van der Waals surface area contributed by atoms with Gasteiger partial charge in [0, 0.05) is 12.3 Å². The van der Waals surface area contributed by atoms with Crippen LogP contribution in [0.25, 0.3) is 0 Å². The van der Waals surface area contributed by atoms with Crippen LogP contribution in [-0.4, -0.2) is 11.8 Å². The second kappa shape index (κ2) is 1.75. The molecule has 3 saturated carbocycles. The third-order valence-corrected chi connectivity index (χ3v) is 4.06. The fourth-order valence-electron chi connectivity index (χ4n) is 2.76. The molecule has 0 aliphatic heterocycles. The Hall–Kier alpha value is -0.280. The van der Waals surface area contributed by atoms with Gasteiger partial charge in [-0.25, -0.2) is 0 Å². The van der Waals surface area contributed by atoms with E-state index in [9.17, 15) is 17.6 Å². The molecule has 0 radical (unpaired) electrons. The molecular weight excluding hydrogens is 184 g/mol. The van der Waals surface area contributed by atoms with Gasteiger partial charge in [-0.15, -0.1) is 0 Å². The van der Waals surface area contributed by atoms with Crippen molar-refractivity contribution < 1.29 is 17.6 Å². The van der Waals surface area contributed by atoms with Crippen LogP contribution < -0.4 is 0 Å². The van der Waals surface area contributed by atoms with Gasteiger partial charge in [0.2, 0.25) is 0 Å². The van der Waals surface area contributed by atoms with Crippen molar-refractivity contribution in [1.82, 2.24) is 0 Å². The molecule has 3 aliphatic rings. The SMILES string of the molecule is FC1(F)CC(C2CC23CC3)C1(F)F. The van der Waals surface area contributed by atoms with Gasteiger partial charge in [0.05, 0.1) is 0 Å². The lowest BCUT2D eigenvalue weighted by Crippen LogP contribution is -2.59. The molecule has 0 nitrogen and oxygen atoms in total. The molecule has 0 aromatic rings. The molecule has 74 valence electrons. The summed E-state index contributed by atoms with van der Waals surface area (Å²) in [6.07, 6.45) is 2.14. The first-order valence-corrected chi connectivity index (χ1v) is 4.65. The van der Waals surface area contributed by atoms with Crippen molar-refractivity contribution in [1.29, 1.82) is 0 Å². The third kappa shape index (κ3) is 0.778. The molecule has 2 atom stereocenters. The average molecular weight is 194 g/mol. The highest BCUT2D eigenvalue weighted by atomic mass is 19.3. The van der Waals surface area contributed by atoms with E-state index in [-0.39, 0.29) is 11.3 Å². The van der Waals surface area contributed by atoms with E-state index in [1.165, 1.54) is 0 Å². The lowest BCUT2D eigenvalue weighted by Gasteiger charge is -2.44. The van der Waals surface area contributed by atoms with Crippen molar-refractivity contribution in [2.75, 3.05) is 0 Å². The van der Waals surface area contributed by atoms with Crippen molar-refractivity contribution in [2.45, 2.75) is 37.5 Å². The second-order valence-corrected chi connectivity index (χ2v) is 4.81. The van der Waals surface area contributed by atoms with Crippen molar-refractivity contribution in [3.05, 3.63) is 0 Å². The monoisotopic (exact) mass is 194 g/mol. The van der Waals surface area contributed by atoms with E-state index in [4.69, 9.17) is 0 Å². The zero-order valence-corrected chi connectivity index (χ0v) is 6.99.